The Morgan fingerprint density at radius 1 is 0.900 bits per heavy atom. The van der Waals surface area contributed by atoms with Gasteiger partial charge in [-0.15, -0.1) is 0 Å². The molecule has 0 spiro atoms. The number of benzene rings is 3. The standard InChI is InChI=1S/C25H25NO4/c1-17-13-18(2)15-20(14-17)24(27)26(3)23(25(28)29)16-19-9-11-22(12-10-19)30-21-7-5-4-6-8-21/h4-15,23H,16H2,1-3H3,(H,28,29)/t23-/m1/s1. The van der Waals surface area contributed by atoms with Crippen LogP contribution in [0.2, 0.25) is 0 Å². The summed E-state index contributed by atoms with van der Waals surface area (Å²) in [6.45, 7) is 3.83. The zero-order valence-corrected chi connectivity index (χ0v) is 17.3. The number of nitrogens with zero attached hydrogens (tertiary/aromatic N) is 1. The van der Waals surface area contributed by atoms with Gasteiger partial charge in [-0.2, -0.15) is 0 Å². The van der Waals surface area contributed by atoms with Crippen molar-refractivity contribution in [1.82, 2.24) is 4.90 Å². The quantitative estimate of drug-likeness (QED) is 0.612. The van der Waals surface area contributed by atoms with E-state index in [2.05, 4.69) is 0 Å². The summed E-state index contributed by atoms with van der Waals surface area (Å²) < 4.78 is 5.77. The third kappa shape index (κ3) is 5.26. The SMILES string of the molecule is Cc1cc(C)cc(C(=O)N(C)[C@H](Cc2ccc(Oc3ccccc3)cc2)C(=O)O)c1. The lowest BCUT2D eigenvalue weighted by atomic mass is 10.0. The lowest BCUT2D eigenvalue weighted by Gasteiger charge is -2.25. The van der Waals surface area contributed by atoms with Crippen LogP contribution in [0, 0.1) is 13.8 Å². The summed E-state index contributed by atoms with van der Waals surface area (Å²) in [6.07, 6.45) is 0.202. The molecule has 154 valence electrons. The Morgan fingerprint density at radius 3 is 2.03 bits per heavy atom. The highest BCUT2D eigenvalue weighted by Gasteiger charge is 2.27. The van der Waals surface area contributed by atoms with Gasteiger partial charge in [0.05, 0.1) is 0 Å². The maximum Gasteiger partial charge on any atom is 0.326 e. The molecule has 0 radical (unpaired) electrons. The highest BCUT2D eigenvalue weighted by Crippen LogP contribution is 2.22. The second-order valence-electron chi connectivity index (χ2n) is 7.41. The van der Waals surface area contributed by atoms with Gasteiger partial charge in [-0.3, -0.25) is 4.79 Å². The number of aryl methyl sites for hydroxylation is 2. The van der Waals surface area contributed by atoms with Gasteiger partial charge >= 0.3 is 5.97 Å². The predicted octanol–water partition coefficient (Wildman–Crippen LogP) is 4.86. The number of hydrogen-bond donors (Lipinski definition) is 1. The number of aliphatic carboxylic acids is 1. The van der Waals surface area contributed by atoms with Crippen LogP contribution in [0.25, 0.3) is 0 Å². The first kappa shape index (κ1) is 21.1. The van der Waals surface area contributed by atoms with E-state index >= 15 is 0 Å². The highest BCUT2D eigenvalue weighted by atomic mass is 16.5. The number of hydrogen-bond acceptors (Lipinski definition) is 3. The molecule has 1 N–H and O–H groups in total. The maximum atomic E-state index is 12.9. The fraction of sp³-hybridized carbons (Fsp3) is 0.200. The first-order valence-electron chi connectivity index (χ1n) is 9.73. The van der Waals surface area contributed by atoms with E-state index in [-0.39, 0.29) is 12.3 Å². The van der Waals surface area contributed by atoms with E-state index < -0.39 is 12.0 Å². The molecule has 1 amide bonds. The molecule has 0 unspecified atom stereocenters. The normalized spacial score (nSPS) is 11.6. The largest absolute Gasteiger partial charge is 0.480 e. The van der Waals surface area contributed by atoms with Crippen molar-refractivity contribution < 1.29 is 19.4 Å². The predicted molar refractivity (Wildman–Crippen MR) is 116 cm³/mol. The number of carboxylic acids is 1. The topological polar surface area (TPSA) is 66.8 Å². The third-order valence-electron chi connectivity index (χ3n) is 4.87. The van der Waals surface area contributed by atoms with Gasteiger partial charge in [0.25, 0.3) is 5.91 Å². The van der Waals surface area contributed by atoms with Crippen molar-refractivity contribution in [3.8, 4) is 11.5 Å². The average molecular weight is 403 g/mol. The summed E-state index contributed by atoms with van der Waals surface area (Å²) in [5.74, 6) is 0.0435. The number of ether oxygens (including phenoxy) is 1. The lowest BCUT2D eigenvalue weighted by Crippen LogP contribution is -2.43. The first-order valence-corrected chi connectivity index (χ1v) is 9.73. The molecule has 5 heteroatoms. The van der Waals surface area contributed by atoms with Crippen molar-refractivity contribution in [1.29, 1.82) is 0 Å². The molecule has 0 aliphatic carbocycles. The number of carboxylic acid groups (broad SMARTS) is 1. The van der Waals surface area contributed by atoms with Crippen molar-refractivity contribution in [2.45, 2.75) is 26.3 Å². The van der Waals surface area contributed by atoms with Crippen molar-refractivity contribution >= 4 is 11.9 Å². The van der Waals surface area contributed by atoms with Gasteiger partial charge in [-0.25, -0.2) is 4.79 Å². The molecule has 3 rings (SSSR count). The van der Waals surface area contributed by atoms with E-state index in [4.69, 9.17) is 4.74 Å². The van der Waals surface area contributed by atoms with Crippen LogP contribution < -0.4 is 4.74 Å². The molecule has 30 heavy (non-hydrogen) atoms. The van der Waals surface area contributed by atoms with Gasteiger partial charge in [0, 0.05) is 19.0 Å². The van der Waals surface area contributed by atoms with Crippen molar-refractivity contribution in [2.75, 3.05) is 7.05 Å². The maximum absolute atomic E-state index is 12.9. The summed E-state index contributed by atoms with van der Waals surface area (Å²) in [5, 5.41) is 9.74. The molecule has 1 atom stereocenters. The van der Waals surface area contributed by atoms with Crippen molar-refractivity contribution in [3.63, 3.8) is 0 Å². The van der Waals surface area contributed by atoms with Crippen molar-refractivity contribution in [3.05, 3.63) is 95.1 Å². The van der Waals surface area contributed by atoms with E-state index in [1.807, 2.05) is 62.4 Å². The van der Waals surface area contributed by atoms with Gasteiger partial charge in [0.2, 0.25) is 0 Å². The van der Waals surface area contributed by atoms with Crippen LogP contribution in [-0.2, 0) is 11.2 Å². The Hall–Kier alpha value is -3.60. The smallest absolute Gasteiger partial charge is 0.326 e. The van der Waals surface area contributed by atoms with Gasteiger partial charge in [0.1, 0.15) is 17.5 Å². The van der Waals surface area contributed by atoms with Crippen LogP contribution in [0.15, 0.2) is 72.8 Å². The molecular formula is C25H25NO4. The van der Waals surface area contributed by atoms with Gasteiger partial charge in [-0.05, 0) is 55.8 Å². The molecule has 0 fully saturated rings. The van der Waals surface area contributed by atoms with E-state index in [9.17, 15) is 14.7 Å². The second-order valence-corrected chi connectivity index (χ2v) is 7.41. The van der Waals surface area contributed by atoms with Crippen LogP contribution in [0.3, 0.4) is 0 Å². The van der Waals surface area contributed by atoms with E-state index in [0.717, 1.165) is 22.4 Å². The summed E-state index contributed by atoms with van der Waals surface area (Å²) in [6, 6.07) is 21.2. The minimum atomic E-state index is -1.04. The third-order valence-corrected chi connectivity index (χ3v) is 4.87. The molecule has 0 aliphatic rings. The molecule has 3 aromatic rings. The number of carbonyl (C=O) groups excluding carboxylic acids is 1. The first-order chi connectivity index (χ1) is 14.3. The Labute approximate surface area is 176 Å². The molecule has 0 aromatic heterocycles. The summed E-state index contributed by atoms with van der Waals surface area (Å²) in [4.78, 5) is 26.1. The Morgan fingerprint density at radius 2 is 1.47 bits per heavy atom. The highest BCUT2D eigenvalue weighted by molar-refractivity contribution is 5.96. The van der Waals surface area contributed by atoms with E-state index in [1.54, 1.807) is 24.3 Å². The minimum Gasteiger partial charge on any atom is -0.480 e. The van der Waals surface area contributed by atoms with Crippen LogP contribution in [-0.4, -0.2) is 35.0 Å². The summed E-state index contributed by atoms with van der Waals surface area (Å²) >= 11 is 0. The van der Waals surface area contributed by atoms with Gasteiger partial charge < -0.3 is 14.7 Å². The zero-order valence-electron chi connectivity index (χ0n) is 17.3. The van der Waals surface area contributed by atoms with Crippen LogP contribution in [0.5, 0.6) is 11.5 Å². The van der Waals surface area contributed by atoms with Crippen LogP contribution in [0.4, 0.5) is 0 Å². The fourth-order valence-corrected chi connectivity index (χ4v) is 3.37. The van der Waals surface area contributed by atoms with Crippen LogP contribution >= 0.6 is 0 Å². The second kappa shape index (κ2) is 9.27. The minimum absolute atomic E-state index is 0.202. The monoisotopic (exact) mass is 403 g/mol. The Balaban J connectivity index is 1.73. The number of amides is 1. The molecule has 0 heterocycles. The van der Waals surface area contributed by atoms with Gasteiger partial charge in [-0.1, -0.05) is 47.5 Å². The van der Waals surface area contributed by atoms with Crippen LogP contribution in [0.1, 0.15) is 27.0 Å². The zero-order chi connectivity index (χ0) is 21.7. The Bertz CT molecular complexity index is 1010. The molecule has 0 aliphatic heterocycles. The lowest BCUT2D eigenvalue weighted by molar-refractivity contribution is -0.141. The van der Waals surface area contributed by atoms with Gasteiger partial charge in [0.15, 0.2) is 0 Å². The number of carbonyl (C=O) groups is 2. The molecular weight excluding hydrogens is 378 g/mol. The van der Waals surface area contributed by atoms with Crippen molar-refractivity contribution in [2.24, 2.45) is 0 Å². The average Bonchev–Trinajstić information content (AvgIpc) is 2.72. The number of para-hydroxylation sites is 1. The molecule has 0 saturated heterocycles. The van der Waals surface area contributed by atoms with E-state index in [1.165, 1.54) is 11.9 Å². The molecule has 3 aromatic carbocycles. The molecule has 0 saturated carbocycles. The fourth-order valence-electron chi connectivity index (χ4n) is 3.37. The number of likely N-dealkylation sites (N-methyl/N-ethyl adjacent to an activating group) is 1. The van der Waals surface area contributed by atoms with E-state index in [0.29, 0.717) is 11.3 Å². The summed E-state index contributed by atoms with van der Waals surface area (Å²) in [5.41, 5.74) is 3.23. The molecule has 0 bridgehead atoms. The number of rotatable bonds is 7. The Kier molecular flexibility index (Phi) is 6.52. The summed E-state index contributed by atoms with van der Waals surface area (Å²) in [7, 11) is 1.53. The molecule has 5 nitrogen and oxygen atoms in total.